The number of nitrogens with one attached hydrogen (secondary N) is 1. The largest absolute Gasteiger partial charge is 0.419 e. The van der Waals surface area contributed by atoms with Gasteiger partial charge in [-0.3, -0.25) is 9.36 Å². The van der Waals surface area contributed by atoms with Crippen molar-refractivity contribution in [3.8, 4) is 0 Å². The topological polar surface area (TPSA) is 84.5 Å². The van der Waals surface area contributed by atoms with E-state index in [1.165, 1.54) is 15.9 Å². The summed E-state index contributed by atoms with van der Waals surface area (Å²) >= 11 is 1.48. The summed E-state index contributed by atoms with van der Waals surface area (Å²) in [6.07, 6.45) is -0.216. The van der Waals surface area contributed by atoms with Gasteiger partial charge in [0.05, 0.1) is 17.2 Å². The Morgan fingerprint density at radius 2 is 2.17 bits per heavy atom. The van der Waals surface area contributed by atoms with Crippen LogP contribution in [-0.2, 0) is 7.05 Å². The summed E-state index contributed by atoms with van der Waals surface area (Å²) in [6.45, 7) is 1.83. The van der Waals surface area contributed by atoms with Gasteiger partial charge in [-0.15, -0.1) is 11.3 Å². The Hall–Kier alpha value is -2.38. The molecule has 0 aliphatic carbocycles. The molecule has 0 aliphatic rings. The highest BCUT2D eigenvalue weighted by Gasteiger charge is 2.19. The van der Waals surface area contributed by atoms with Crippen molar-refractivity contribution >= 4 is 28.3 Å². The SMILES string of the molecule is CC(CC(O)c1cccs1)NC(=O)c1cccc2c1oc(=O)n2C. The van der Waals surface area contributed by atoms with Crippen LogP contribution < -0.4 is 11.1 Å². The smallest absolute Gasteiger partial charge is 0.407 e. The van der Waals surface area contributed by atoms with Crippen LogP contribution in [0, 0.1) is 0 Å². The molecule has 126 valence electrons. The van der Waals surface area contributed by atoms with Gasteiger partial charge in [-0.2, -0.15) is 0 Å². The zero-order valence-electron chi connectivity index (χ0n) is 13.4. The summed E-state index contributed by atoms with van der Waals surface area (Å²) in [7, 11) is 1.59. The van der Waals surface area contributed by atoms with Gasteiger partial charge >= 0.3 is 5.76 Å². The third-order valence-electron chi connectivity index (χ3n) is 3.89. The second-order valence-electron chi connectivity index (χ2n) is 5.72. The number of aliphatic hydroxyl groups is 1. The molecule has 0 radical (unpaired) electrons. The number of benzene rings is 1. The van der Waals surface area contributed by atoms with E-state index in [9.17, 15) is 14.7 Å². The maximum absolute atomic E-state index is 12.5. The van der Waals surface area contributed by atoms with Crippen molar-refractivity contribution < 1.29 is 14.3 Å². The number of amides is 1. The third-order valence-corrected chi connectivity index (χ3v) is 4.86. The van der Waals surface area contributed by atoms with E-state index in [0.29, 0.717) is 17.5 Å². The average molecular weight is 346 g/mol. The number of carbonyl (C=O) groups is 1. The summed E-state index contributed by atoms with van der Waals surface area (Å²) in [6, 6.07) is 8.55. The van der Waals surface area contributed by atoms with Crippen LogP contribution in [0.25, 0.3) is 11.1 Å². The lowest BCUT2D eigenvalue weighted by Gasteiger charge is -2.17. The number of hydrogen-bond donors (Lipinski definition) is 2. The first-order valence-corrected chi connectivity index (χ1v) is 8.46. The number of aryl methyl sites for hydroxylation is 1. The van der Waals surface area contributed by atoms with Crippen LogP contribution in [0.15, 0.2) is 44.9 Å². The fourth-order valence-corrected chi connectivity index (χ4v) is 3.35. The maximum Gasteiger partial charge on any atom is 0.419 e. The monoisotopic (exact) mass is 346 g/mol. The molecular formula is C17H18N2O4S. The van der Waals surface area contributed by atoms with Gasteiger partial charge in [0.15, 0.2) is 5.58 Å². The number of fused-ring (bicyclic) bond motifs is 1. The zero-order valence-corrected chi connectivity index (χ0v) is 14.2. The maximum atomic E-state index is 12.5. The molecule has 6 nitrogen and oxygen atoms in total. The van der Waals surface area contributed by atoms with Gasteiger partial charge in [0.1, 0.15) is 0 Å². The number of nitrogens with zero attached hydrogens (tertiary/aromatic N) is 1. The number of para-hydroxylation sites is 1. The van der Waals surface area contributed by atoms with Gasteiger partial charge in [0.2, 0.25) is 0 Å². The normalized spacial score (nSPS) is 13.8. The van der Waals surface area contributed by atoms with Crippen LogP contribution in [0.4, 0.5) is 0 Å². The second-order valence-corrected chi connectivity index (χ2v) is 6.70. The number of hydrogen-bond acceptors (Lipinski definition) is 5. The number of rotatable bonds is 5. The minimum absolute atomic E-state index is 0.236. The Balaban J connectivity index is 1.75. The van der Waals surface area contributed by atoms with Crippen molar-refractivity contribution in [3.05, 3.63) is 56.7 Å². The standard InChI is InChI=1S/C17H18N2O4S/c1-10(9-13(20)14-7-4-8-24-14)18-16(21)11-5-3-6-12-15(11)23-17(22)19(12)2/h3-8,10,13,20H,9H2,1-2H3,(H,18,21). The van der Waals surface area contributed by atoms with Gasteiger partial charge in [-0.1, -0.05) is 12.1 Å². The van der Waals surface area contributed by atoms with Crippen molar-refractivity contribution in [2.75, 3.05) is 0 Å². The van der Waals surface area contributed by atoms with E-state index in [4.69, 9.17) is 4.42 Å². The molecule has 1 amide bonds. The highest BCUT2D eigenvalue weighted by atomic mass is 32.1. The fraction of sp³-hybridized carbons (Fsp3) is 0.294. The van der Waals surface area contributed by atoms with Gasteiger partial charge in [-0.05, 0) is 36.9 Å². The molecule has 2 atom stereocenters. The molecule has 0 aliphatic heterocycles. The second kappa shape index (κ2) is 6.62. The summed E-state index contributed by atoms with van der Waals surface area (Å²) in [5.74, 6) is -0.841. The predicted molar refractivity (Wildman–Crippen MR) is 92.3 cm³/mol. The van der Waals surface area contributed by atoms with Crippen molar-refractivity contribution in [2.24, 2.45) is 7.05 Å². The van der Waals surface area contributed by atoms with Crippen LogP contribution in [0.5, 0.6) is 0 Å². The van der Waals surface area contributed by atoms with E-state index < -0.39 is 11.9 Å². The van der Waals surface area contributed by atoms with Gasteiger partial charge in [0, 0.05) is 18.0 Å². The predicted octanol–water partition coefficient (Wildman–Crippen LogP) is 2.44. The summed E-state index contributed by atoms with van der Waals surface area (Å²) in [5.41, 5.74) is 1.15. The zero-order chi connectivity index (χ0) is 17.3. The Morgan fingerprint density at radius 1 is 1.38 bits per heavy atom. The van der Waals surface area contributed by atoms with Crippen molar-refractivity contribution in [3.63, 3.8) is 0 Å². The molecule has 2 N–H and O–H groups in total. The molecule has 3 aromatic rings. The first-order valence-electron chi connectivity index (χ1n) is 7.58. The molecule has 2 aromatic heterocycles. The molecule has 2 heterocycles. The summed E-state index contributed by atoms with van der Waals surface area (Å²) in [5, 5.41) is 14.9. The van der Waals surface area contributed by atoms with Crippen LogP contribution in [-0.4, -0.2) is 21.6 Å². The molecule has 2 unspecified atom stereocenters. The molecule has 1 aromatic carbocycles. The minimum atomic E-state index is -0.620. The number of aromatic nitrogens is 1. The molecule has 0 saturated heterocycles. The molecule has 24 heavy (non-hydrogen) atoms. The molecule has 7 heteroatoms. The number of carbonyl (C=O) groups excluding carboxylic acids is 1. The molecule has 3 rings (SSSR count). The van der Waals surface area contributed by atoms with Crippen LogP contribution in [0.1, 0.15) is 34.7 Å². The summed E-state index contributed by atoms with van der Waals surface area (Å²) in [4.78, 5) is 25.0. The Bertz CT molecular complexity index is 910. The first kappa shape index (κ1) is 16.5. The molecule has 0 bridgehead atoms. The average Bonchev–Trinajstić information content (AvgIpc) is 3.16. The quantitative estimate of drug-likeness (QED) is 0.743. The molecule has 0 saturated carbocycles. The Kier molecular flexibility index (Phi) is 4.55. The molecule has 0 spiro atoms. The van der Waals surface area contributed by atoms with Crippen molar-refractivity contribution in [1.29, 1.82) is 0 Å². The lowest BCUT2D eigenvalue weighted by molar-refractivity contribution is 0.0919. The lowest BCUT2D eigenvalue weighted by Crippen LogP contribution is -2.33. The van der Waals surface area contributed by atoms with E-state index in [1.54, 1.807) is 25.2 Å². The van der Waals surface area contributed by atoms with Crippen LogP contribution >= 0.6 is 11.3 Å². The minimum Gasteiger partial charge on any atom is -0.407 e. The Labute approximate surface area is 142 Å². The summed E-state index contributed by atoms with van der Waals surface area (Å²) < 4.78 is 6.53. The fourth-order valence-electron chi connectivity index (χ4n) is 2.62. The number of thiophene rings is 1. The highest BCUT2D eigenvalue weighted by Crippen LogP contribution is 2.23. The van der Waals surface area contributed by atoms with E-state index in [0.717, 1.165) is 4.88 Å². The molecule has 0 fully saturated rings. The highest BCUT2D eigenvalue weighted by molar-refractivity contribution is 7.10. The van der Waals surface area contributed by atoms with Gasteiger partial charge < -0.3 is 14.8 Å². The number of aliphatic hydroxyl groups excluding tert-OH is 1. The lowest BCUT2D eigenvalue weighted by atomic mass is 10.1. The van der Waals surface area contributed by atoms with E-state index in [2.05, 4.69) is 5.32 Å². The van der Waals surface area contributed by atoms with E-state index in [1.807, 2.05) is 24.4 Å². The van der Waals surface area contributed by atoms with E-state index >= 15 is 0 Å². The number of oxazole rings is 1. The molecular weight excluding hydrogens is 328 g/mol. The van der Waals surface area contributed by atoms with Crippen molar-refractivity contribution in [2.45, 2.75) is 25.5 Å². The first-order chi connectivity index (χ1) is 11.5. The Morgan fingerprint density at radius 3 is 2.88 bits per heavy atom. The van der Waals surface area contributed by atoms with E-state index in [-0.39, 0.29) is 17.5 Å². The van der Waals surface area contributed by atoms with Gasteiger partial charge in [-0.25, -0.2) is 4.79 Å². The van der Waals surface area contributed by atoms with Crippen LogP contribution in [0.3, 0.4) is 0 Å². The van der Waals surface area contributed by atoms with Gasteiger partial charge in [0.25, 0.3) is 5.91 Å². The van der Waals surface area contributed by atoms with Crippen molar-refractivity contribution in [1.82, 2.24) is 9.88 Å². The van der Waals surface area contributed by atoms with Crippen LogP contribution in [0.2, 0.25) is 0 Å². The third kappa shape index (κ3) is 3.13.